The summed E-state index contributed by atoms with van der Waals surface area (Å²) in [6.07, 6.45) is 3.82. The van der Waals surface area contributed by atoms with Gasteiger partial charge in [-0.2, -0.15) is 0 Å². The lowest BCUT2D eigenvalue weighted by atomic mass is 10.1. The van der Waals surface area contributed by atoms with Crippen molar-refractivity contribution in [2.45, 2.75) is 31.9 Å². The summed E-state index contributed by atoms with van der Waals surface area (Å²) in [5.41, 5.74) is 7.22. The van der Waals surface area contributed by atoms with Gasteiger partial charge in [0.15, 0.2) is 0 Å². The maximum absolute atomic E-state index is 8.90. The molecule has 3 heteroatoms. The van der Waals surface area contributed by atoms with E-state index < -0.39 is 0 Å². The Hall–Kier alpha value is -0.380. The molecule has 0 spiro atoms. The van der Waals surface area contributed by atoms with E-state index in [9.17, 15) is 0 Å². The predicted octanol–water partition coefficient (Wildman–Crippen LogP) is 2.04. The van der Waals surface area contributed by atoms with Crippen molar-refractivity contribution < 1.29 is 5.11 Å². The second kappa shape index (κ2) is 3.78. The van der Waals surface area contributed by atoms with Gasteiger partial charge in [0.05, 0.1) is 6.61 Å². The van der Waals surface area contributed by atoms with Crippen molar-refractivity contribution in [2.24, 2.45) is 11.7 Å². The summed E-state index contributed by atoms with van der Waals surface area (Å²) in [5.74, 6) is 0.868. The maximum atomic E-state index is 8.90. The van der Waals surface area contributed by atoms with Crippen LogP contribution in [-0.4, -0.2) is 5.11 Å². The van der Waals surface area contributed by atoms with Crippen LogP contribution in [0.15, 0.2) is 11.4 Å². The van der Waals surface area contributed by atoms with Gasteiger partial charge in [0.25, 0.3) is 0 Å². The van der Waals surface area contributed by atoms with Gasteiger partial charge in [0.2, 0.25) is 0 Å². The van der Waals surface area contributed by atoms with Crippen molar-refractivity contribution in [1.82, 2.24) is 0 Å². The largest absolute Gasteiger partial charge is 0.391 e. The molecular weight excluding hydrogens is 182 g/mol. The maximum Gasteiger partial charge on any atom is 0.0774 e. The average molecular weight is 197 g/mol. The zero-order chi connectivity index (χ0) is 9.26. The molecule has 1 fully saturated rings. The van der Waals surface area contributed by atoms with Gasteiger partial charge < -0.3 is 10.8 Å². The summed E-state index contributed by atoms with van der Waals surface area (Å²) >= 11 is 1.60. The average Bonchev–Trinajstić information content (AvgIpc) is 2.82. The molecule has 0 saturated heterocycles. The zero-order valence-electron chi connectivity index (χ0n) is 7.57. The van der Waals surface area contributed by atoms with E-state index in [2.05, 4.69) is 5.38 Å². The monoisotopic (exact) mass is 197 g/mol. The van der Waals surface area contributed by atoms with Crippen LogP contribution in [0.1, 0.15) is 35.7 Å². The SMILES string of the molecule is N[C@H](CC1CC1)c1csc(CO)c1. The molecule has 0 radical (unpaired) electrons. The third-order valence-electron chi connectivity index (χ3n) is 2.54. The molecule has 0 amide bonds. The van der Waals surface area contributed by atoms with Crippen LogP contribution in [0.2, 0.25) is 0 Å². The van der Waals surface area contributed by atoms with Crippen molar-refractivity contribution in [3.05, 3.63) is 21.9 Å². The zero-order valence-corrected chi connectivity index (χ0v) is 8.39. The third-order valence-corrected chi connectivity index (χ3v) is 3.48. The highest BCUT2D eigenvalue weighted by molar-refractivity contribution is 7.10. The van der Waals surface area contributed by atoms with Crippen LogP contribution < -0.4 is 5.73 Å². The van der Waals surface area contributed by atoms with Gasteiger partial charge >= 0.3 is 0 Å². The fourth-order valence-corrected chi connectivity index (χ4v) is 2.33. The molecule has 0 aliphatic heterocycles. The molecule has 13 heavy (non-hydrogen) atoms. The first-order valence-corrected chi connectivity index (χ1v) is 5.61. The van der Waals surface area contributed by atoms with Crippen molar-refractivity contribution >= 4 is 11.3 Å². The molecule has 0 unspecified atom stereocenters. The van der Waals surface area contributed by atoms with Gasteiger partial charge in [-0.3, -0.25) is 0 Å². The van der Waals surface area contributed by atoms with Gasteiger partial charge in [-0.25, -0.2) is 0 Å². The Bertz CT molecular complexity index is 280. The molecule has 3 N–H and O–H groups in total. The van der Waals surface area contributed by atoms with Crippen LogP contribution in [0.5, 0.6) is 0 Å². The lowest BCUT2D eigenvalue weighted by Crippen LogP contribution is -2.09. The highest BCUT2D eigenvalue weighted by atomic mass is 32.1. The Kier molecular flexibility index (Phi) is 2.67. The Labute approximate surface area is 82.4 Å². The molecule has 0 aromatic carbocycles. The Morgan fingerprint density at radius 2 is 2.38 bits per heavy atom. The molecule has 1 aliphatic carbocycles. The number of thiophene rings is 1. The van der Waals surface area contributed by atoms with Gasteiger partial charge in [-0.1, -0.05) is 12.8 Å². The first-order valence-electron chi connectivity index (χ1n) is 4.73. The second-order valence-electron chi connectivity index (χ2n) is 3.79. The summed E-state index contributed by atoms with van der Waals surface area (Å²) in [4.78, 5) is 1.02. The molecule has 1 atom stereocenters. The lowest BCUT2D eigenvalue weighted by molar-refractivity contribution is 0.285. The van der Waals surface area contributed by atoms with E-state index in [4.69, 9.17) is 10.8 Å². The number of nitrogens with two attached hydrogens (primary N) is 1. The van der Waals surface area contributed by atoms with Gasteiger partial charge in [-0.05, 0) is 29.3 Å². The molecule has 2 nitrogen and oxygen atoms in total. The van der Waals surface area contributed by atoms with Crippen molar-refractivity contribution in [3.8, 4) is 0 Å². The molecule has 1 aliphatic rings. The van der Waals surface area contributed by atoms with E-state index >= 15 is 0 Å². The number of hydrogen-bond acceptors (Lipinski definition) is 3. The van der Waals surface area contributed by atoms with Crippen LogP contribution in [0, 0.1) is 5.92 Å². The number of rotatable bonds is 4. The Morgan fingerprint density at radius 1 is 1.62 bits per heavy atom. The van der Waals surface area contributed by atoms with E-state index in [1.165, 1.54) is 18.4 Å². The Morgan fingerprint density at radius 3 is 2.92 bits per heavy atom. The van der Waals surface area contributed by atoms with Crippen LogP contribution in [-0.2, 0) is 6.61 Å². The van der Waals surface area contributed by atoms with Crippen LogP contribution >= 0.6 is 11.3 Å². The summed E-state index contributed by atoms with van der Waals surface area (Å²) < 4.78 is 0. The van der Waals surface area contributed by atoms with E-state index in [1.54, 1.807) is 11.3 Å². The summed E-state index contributed by atoms with van der Waals surface area (Å²) in [7, 11) is 0. The first-order chi connectivity index (χ1) is 6.29. The van der Waals surface area contributed by atoms with E-state index in [1.807, 2.05) is 6.07 Å². The number of hydrogen-bond donors (Lipinski definition) is 2. The summed E-state index contributed by atoms with van der Waals surface area (Å²) in [6.45, 7) is 0.140. The number of aliphatic hydroxyl groups is 1. The van der Waals surface area contributed by atoms with Crippen molar-refractivity contribution in [3.63, 3.8) is 0 Å². The minimum absolute atomic E-state index is 0.140. The summed E-state index contributed by atoms with van der Waals surface area (Å²) in [6, 6.07) is 2.21. The smallest absolute Gasteiger partial charge is 0.0774 e. The molecule has 1 saturated carbocycles. The van der Waals surface area contributed by atoms with E-state index in [0.29, 0.717) is 0 Å². The minimum atomic E-state index is 0.140. The van der Waals surface area contributed by atoms with Crippen molar-refractivity contribution in [2.75, 3.05) is 0 Å². The quantitative estimate of drug-likeness (QED) is 0.776. The van der Waals surface area contributed by atoms with E-state index in [0.717, 1.165) is 17.2 Å². The molecular formula is C10H15NOS. The molecule has 72 valence electrons. The van der Waals surface area contributed by atoms with Gasteiger partial charge in [0, 0.05) is 10.9 Å². The molecule has 0 bridgehead atoms. The highest BCUT2D eigenvalue weighted by Gasteiger charge is 2.24. The fraction of sp³-hybridized carbons (Fsp3) is 0.600. The topological polar surface area (TPSA) is 46.2 Å². The highest BCUT2D eigenvalue weighted by Crippen LogP contribution is 2.37. The fourth-order valence-electron chi connectivity index (χ4n) is 1.52. The molecule has 1 heterocycles. The Balaban J connectivity index is 1.96. The normalized spacial score (nSPS) is 18.9. The van der Waals surface area contributed by atoms with E-state index in [-0.39, 0.29) is 12.6 Å². The van der Waals surface area contributed by atoms with Gasteiger partial charge in [-0.15, -0.1) is 11.3 Å². The second-order valence-corrected chi connectivity index (χ2v) is 4.79. The third kappa shape index (κ3) is 2.30. The lowest BCUT2D eigenvalue weighted by Gasteiger charge is -2.07. The predicted molar refractivity (Wildman–Crippen MR) is 54.5 cm³/mol. The minimum Gasteiger partial charge on any atom is -0.391 e. The van der Waals surface area contributed by atoms with Crippen LogP contribution in [0.3, 0.4) is 0 Å². The summed E-state index contributed by atoms with van der Waals surface area (Å²) in [5, 5.41) is 11.0. The van der Waals surface area contributed by atoms with Crippen LogP contribution in [0.4, 0.5) is 0 Å². The van der Waals surface area contributed by atoms with Crippen LogP contribution in [0.25, 0.3) is 0 Å². The van der Waals surface area contributed by atoms with Gasteiger partial charge in [0.1, 0.15) is 0 Å². The molecule has 2 rings (SSSR count). The molecule has 1 aromatic heterocycles. The first kappa shape index (κ1) is 9.19. The van der Waals surface area contributed by atoms with Crippen molar-refractivity contribution in [1.29, 1.82) is 0 Å². The number of aliphatic hydroxyl groups excluding tert-OH is 1. The molecule has 1 aromatic rings. The standard InChI is InChI=1S/C10H15NOS/c11-10(3-7-1-2-7)8-4-9(5-12)13-6-8/h4,6-7,10,12H,1-3,5,11H2/t10-/m1/s1.